The molecular formula is C16H14N4O3S. The van der Waals surface area contributed by atoms with Crippen molar-refractivity contribution in [2.45, 2.75) is 13.0 Å². The second-order valence-corrected chi connectivity index (χ2v) is 5.77. The van der Waals surface area contributed by atoms with Gasteiger partial charge in [-0.05, 0) is 31.2 Å². The van der Waals surface area contributed by atoms with E-state index in [9.17, 15) is 9.59 Å². The predicted octanol–water partition coefficient (Wildman–Crippen LogP) is 2.56. The molecule has 0 fully saturated rings. The fourth-order valence-electron chi connectivity index (χ4n) is 1.92. The molecule has 0 aromatic carbocycles. The van der Waals surface area contributed by atoms with Crippen LogP contribution in [-0.4, -0.2) is 27.8 Å². The van der Waals surface area contributed by atoms with E-state index in [1.165, 1.54) is 23.7 Å². The van der Waals surface area contributed by atoms with Gasteiger partial charge in [-0.25, -0.2) is 4.98 Å². The molecule has 2 amide bonds. The fraction of sp³-hybridized carbons (Fsp3) is 0.125. The average molecular weight is 342 g/mol. The van der Waals surface area contributed by atoms with Crippen LogP contribution < -0.4 is 10.6 Å². The Bertz CT molecular complexity index is 830. The molecule has 3 heterocycles. The molecule has 3 rings (SSSR count). The Morgan fingerprint density at radius 2 is 2.08 bits per heavy atom. The monoisotopic (exact) mass is 342 g/mol. The molecule has 0 spiro atoms. The lowest BCUT2D eigenvalue weighted by Crippen LogP contribution is -2.41. The van der Waals surface area contributed by atoms with E-state index >= 15 is 0 Å². The maximum atomic E-state index is 12.2. The predicted molar refractivity (Wildman–Crippen MR) is 89.6 cm³/mol. The van der Waals surface area contributed by atoms with E-state index in [4.69, 9.17) is 4.42 Å². The van der Waals surface area contributed by atoms with Crippen LogP contribution in [0, 0.1) is 0 Å². The third kappa shape index (κ3) is 3.66. The third-order valence-electron chi connectivity index (χ3n) is 3.15. The number of thiazole rings is 1. The number of aromatic nitrogens is 2. The van der Waals surface area contributed by atoms with Gasteiger partial charge in [0.15, 0.2) is 10.9 Å². The van der Waals surface area contributed by atoms with Gasteiger partial charge in [0.1, 0.15) is 11.7 Å². The molecule has 8 heteroatoms. The standard InChI is InChI=1S/C16H14N4O3S/c1-10(18-15(22)13-6-4-8-23-13)14(21)20-16-19-12(9-24-16)11-5-2-3-7-17-11/h2-10H,1H3,(H,18,22)(H,19,20,21)/t10-/m1/s1. The molecule has 0 bridgehead atoms. The van der Waals surface area contributed by atoms with Gasteiger partial charge in [0.05, 0.1) is 12.0 Å². The normalized spacial score (nSPS) is 11.7. The maximum absolute atomic E-state index is 12.2. The van der Waals surface area contributed by atoms with Crippen molar-refractivity contribution < 1.29 is 14.0 Å². The number of anilines is 1. The summed E-state index contributed by atoms with van der Waals surface area (Å²) < 4.78 is 4.99. The van der Waals surface area contributed by atoms with Crippen molar-refractivity contribution in [3.63, 3.8) is 0 Å². The van der Waals surface area contributed by atoms with Crippen LogP contribution in [0.5, 0.6) is 0 Å². The number of amides is 2. The molecule has 3 aromatic heterocycles. The van der Waals surface area contributed by atoms with Crippen LogP contribution in [0.25, 0.3) is 11.4 Å². The van der Waals surface area contributed by atoms with Crippen molar-refractivity contribution >= 4 is 28.3 Å². The van der Waals surface area contributed by atoms with Crippen molar-refractivity contribution in [3.8, 4) is 11.4 Å². The summed E-state index contributed by atoms with van der Waals surface area (Å²) in [6.45, 7) is 1.59. The summed E-state index contributed by atoms with van der Waals surface area (Å²) in [5, 5.41) is 7.49. The number of pyridine rings is 1. The molecule has 0 saturated heterocycles. The van der Waals surface area contributed by atoms with Gasteiger partial charge < -0.3 is 15.1 Å². The highest BCUT2D eigenvalue weighted by Crippen LogP contribution is 2.23. The summed E-state index contributed by atoms with van der Waals surface area (Å²) in [7, 11) is 0. The summed E-state index contributed by atoms with van der Waals surface area (Å²) in [4.78, 5) is 32.5. The van der Waals surface area contributed by atoms with Gasteiger partial charge in [-0.3, -0.25) is 14.6 Å². The van der Waals surface area contributed by atoms with Crippen molar-refractivity contribution in [1.82, 2.24) is 15.3 Å². The zero-order valence-corrected chi connectivity index (χ0v) is 13.5. The molecule has 7 nitrogen and oxygen atoms in total. The average Bonchev–Trinajstić information content (AvgIpc) is 3.27. The van der Waals surface area contributed by atoms with Crippen LogP contribution in [-0.2, 0) is 4.79 Å². The van der Waals surface area contributed by atoms with E-state index in [1.807, 2.05) is 23.6 Å². The number of furan rings is 1. The summed E-state index contributed by atoms with van der Waals surface area (Å²) in [5.41, 5.74) is 1.41. The summed E-state index contributed by atoms with van der Waals surface area (Å²) in [6, 6.07) is 7.93. The lowest BCUT2D eigenvalue weighted by atomic mass is 10.3. The minimum absolute atomic E-state index is 0.154. The lowest BCUT2D eigenvalue weighted by Gasteiger charge is -2.11. The highest BCUT2D eigenvalue weighted by atomic mass is 32.1. The summed E-state index contributed by atoms with van der Waals surface area (Å²) in [6.07, 6.45) is 3.08. The smallest absolute Gasteiger partial charge is 0.287 e. The first-order valence-electron chi connectivity index (χ1n) is 7.15. The minimum atomic E-state index is -0.732. The van der Waals surface area contributed by atoms with Gasteiger partial charge in [0.2, 0.25) is 5.91 Å². The minimum Gasteiger partial charge on any atom is -0.459 e. The largest absolute Gasteiger partial charge is 0.459 e. The van der Waals surface area contributed by atoms with Gasteiger partial charge in [-0.1, -0.05) is 6.07 Å². The molecule has 0 saturated carbocycles. The zero-order valence-electron chi connectivity index (χ0n) is 12.7. The first-order chi connectivity index (χ1) is 11.6. The summed E-state index contributed by atoms with van der Waals surface area (Å²) >= 11 is 1.29. The Morgan fingerprint density at radius 1 is 1.21 bits per heavy atom. The van der Waals surface area contributed by atoms with Crippen molar-refractivity contribution in [2.24, 2.45) is 0 Å². The Balaban J connectivity index is 1.60. The van der Waals surface area contributed by atoms with Crippen LogP contribution in [0.4, 0.5) is 5.13 Å². The molecule has 1 atom stereocenters. The Kier molecular flexibility index (Phi) is 4.66. The van der Waals surface area contributed by atoms with E-state index in [-0.39, 0.29) is 11.7 Å². The molecule has 0 aliphatic rings. The highest BCUT2D eigenvalue weighted by Gasteiger charge is 2.19. The van der Waals surface area contributed by atoms with E-state index in [1.54, 1.807) is 19.2 Å². The zero-order chi connectivity index (χ0) is 16.9. The molecular weight excluding hydrogens is 328 g/mol. The number of hydrogen-bond donors (Lipinski definition) is 2. The van der Waals surface area contributed by atoms with Gasteiger partial charge >= 0.3 is 0 Å². The molecule has 0 aliphatic heterocycles. The Labute approximate surface area is 141 Å². The van der Waals surface area contributed by atoms with Gasteiger partial charge in [0, 0.05) is 11.6 Å². The molecule has 3 aromatic rings. The first-order valence-corrected chi connectivity index (χ1v) is 8.03. The van der Waals surface area contributed by atoms with E-state index in [0.29, 0.717) is 10.8 Å². The maximum Gasteiger partial charge on any atom is 0.287 e. The van der Waals surface area contributed by atoms with E-state index < -0.39 is 11.9 Å². The van der Waals surface area contributed by atoms with Crippen molar-refractivity contribution in [3.05, 3.63) is 53.9 Å². The van der Waals surface area contributed by atoms with Crippen molar-refractivity contribution in [2.75, 3.05) is 5.32 Å². The van der Waals surface area contributed by atoms with Gasteiger partial charge in [-0.2, -0.15) is 0 Å². The van der Waals surface area contributed by atoms with Gasteiger partial charge in [-0.15, -0.1) is 11.3 Å². The second kappa shape index (κ2) is 7.05. The lowest BCUT2D eigenvalue weighted by molar-refractivity contribution is -0.117. The number of carbonyl (C=O) groups is 2. The number of hydrogen-bond acceptors (Lipinski definition) is 6. The van der Waals surface area contributed by atoms with Crippen molar-refractivity contribution in [1.29, 1.82) is 0 Å². The van der Waals surface area contributed by atoms with Crippen LogP contribution in [0.3, 0.4) is 0 Å². The van der Waals surface area contributed by atoms with E-state index in [0.717, 1.165) is 5.69 Å². The Morgan fingerprint density at radius 3 is 2.79 bits per heavy atom. The topological polar surface area (TPSA) is 97.1 Å². The molecule has 122 valence electrons. The molecule has 0 aliphatic carbocycles. The molecule has 0 unspecified atom stereocenters. The fourth-order valence-corrected chi connectivity index (χ4v) is 2.63. The number of nitrogens with one attached hydrogen (secondary N) is 2. The van der Waals surface area contributed by atoms with Crippen LogP contribution in [0.15, 0.2) is 52.6 Å². The SMILES string of the molecule is C[C@@H](NC(=O)c1ccco1)C(=O)Nc1nc(-c2ccccn2)cs1. The first kappa shape index (κ1) is 15.9. The number of carbonyl (C=O) groups excluding carboxylic acids is 2. The summed E-state index contributed by atoms with van der Waals surface area (Å²) in [5.74, 6) is -0.658. The molecule has 24 heavy (non-hydrogen) atoms. The van der Waals surface area contributed by atoms with Crippen LogP contribution >= 0.6 is 11.3 Å². The van der Waals surface area contributed by atoms with Gasteiger partial charge in [0.25, 0.3) is 5.91 Å². The second-order valence-electron chi connectivity index (χ2n) is 4.91. The quantitative estimate of drug-likeness (QED) is 0.743. The van der Waals surface area contributed by atoms with Crippen LogP contribution in [0.1, 0.15) is 17.5 Å². The van der Waals surface area contributed by atoms with Crippen LogP contribution in [0.2, 0.25) is 0 Å². The third-order valence-corrected chi connectivity index (χ3v) is 3.91. The molecule has 0 radical (unpaired) electrons. The number of rotatable bonds is 5. The van der Waals surface area contributed by atoms with E-state index in [2.05, 4.69) is 20.6 Å². The Hall–Kier alpha value is -3.00. The molecule has 2 N–H and O–H groups in total. The highest BCUT2D eigenvalue weighted by molar-refractivity contribution is 7.14. The number of nitrogens with zero attached hydrogens (tertiary/aromatic N) is 2.